The number of hydrogen-bond donors (Lipinski definition) is 4. The van der Waals surface area contributed by atoms with Crippen molar-refractivity contribution in [1.29, 1.82) is 0 Å². The van der Waals surface area contributed by atoms with Gasteiger partial charge in [0.15, 0.2) is 0 Å². The lowest BCUT2D eigenvalue weighted by molar-refractivity contribution is -0.142. The van der Waals surface area contributed by atoms with Crippen LogP contribution in [0.25, 0.3) is 0 Å². The van der Waals surface area contributed by atoms with Crippen LogP contribution in [-0.4, -0.2) is 60.5 Å². The minimum atomic E-state index is -1.14. The molecule has 0 radical (unpaired) electrons. The molecule has 1 fully saturated rings. The van der Waals surface area contributed by atoms with Crippen LogP contribution in [-0.2, 0) is 14.3 Å². The normalized spacial score (nSPS) is 17.9. The first-order valence-corrected chi connectivity index (χ1v) is 6.59. The van der Waals surface area contributed by atoms with Crippen LogP contribution in [0.4, 0.5) is 0 Å². The first-order valence-electron chi connectivity index (χ1n) is 6.59. The van der Waals surface area contributed by atoms with Crippen LogP contribution in [0.3, 0.4) is 0 Å². The van der Waals surface area contributed by atoms with Gasteiger partial charge >= 0.3 is 5.97 Å². The molecule has 1 rings (SSSR count). The molecule has 0 aromatic carbocycles. The summed E-state index contributed by atoms with van der Waals surface area (Å²) in [4.78, 5) is 22.3. The van der Waals surface area contributed by atoms with Gasteiger partial charge in [0.05, 0.1) is 12.7 Å². The largest absolute Gasteiger partial charge is 0.480 e. The maximum absolute atomic E-state index is 11.5. The average molecular weight is 274 g/mol. The SMILES string of the molecule is O=C(CCOC1CCNCC1)N[C@H](CCO)C(=O)O. The number of carbonyl (C=O) groups is 2. The topological polar surface area (TPSA) is 108 Å². The predicted octanol–water partition coefficient (Wildman–Crippen LogP) is -0.903. The summed E-state index contributed by atoms with van der Waals surface area (Å²) in [5.74, 6) is -1.50. The highest BCUT2D eigenvalue weighted by molar-refractivity contribution is 5.83. The zero-order valence-electron chi connectivity index (χ0n) is 10.9. The first-order chi connectivity index (χ1) is 9.13. The molecular formula is C12H22N2O5. The number of carboxylic acids is 1. The quantitative estimate of drug-likeness (QED) is 0.457. The number of carbonyl (C=O) groups excluding carboxylic acids is 1. The molecule has 110 valence electrons. The van der Waals surface area contributed by atoms with Crippen molar-refractivity contribution in [3.05, 3.63) is 0 Å². The van der Waals surface area contributed by atoms with E-state index in [-0.39, 0.29) is 31.5 Å². The summed E-state index contributed by atoms with van der Waals surface area (Å²) in [6.07, 6.45) is 2.20. The summed E-state index contributed by atoms with van der Waals surface area (Å²) in [7, 11) is 0. The highest BCUT2D eigenvalue weighted by atomic mass is 16.5. The van der Waals surface area contributed by atoms with Crippen molar-refractivity contribution < 1.29 is 24.5 Å². The maximum Gasteiger partial charge on any atom is 0.326 e. The number of ether oxygens (including phenoxy) is 1. The number of carboxylic acid groups (broad SMARTS) is 1. The lowest BCUT2D eigenvalue weighted by atomic mass is 10.1. The van der Waals surface area contributed by atoms with Crippen molar-refractivity contribution in [2.75, 3.05) is 26.3 Å². The van der Waals surface area contributed by atoms with Gasteiger partial charge in [-0.25, -0.2) is 4.79 Å². The smallest absolute Gasteiger partial charge is 0.326 e. The Hall–Kier alpha value is -1.18. The van der Waals surface area contributed by atoms with Crippen molar-refractivity contribution in [3.63, 3.8) is 0 Å². The first kappa shape index (κ1) is 15.9. The van der Waals surface area contributed by atoms with Gasteiger partial charge in [-0.3, -0.25) is 4.79 Å². The van der Waals surface area contributed by atoms with Crippen LogP contribution in [0.15, 0.2) is 0 Å². The maximum atomic E-state index is 11.5. The summed E-state index contributed by atoms with van der Waals surface area (Å²) in [5.41, 5.74) is 0. The van der Waals surface area contributed by atoms with E-state index in [0.29, 0.717) is 6.61 Å². The molecule has 0 bridgehead atoms. The second kappa shape index (κ2) is 8.84. The number of nitrogens with one attached hydrogen (secondary N) is 2. The van der Waals surface area contributed by atoms with E-state index in [4.69, 9.17) is 14.9 Å². The lowest BCUT2D eigenvalue weighted by Gasteiger charge is -2.23. The molecule has 1 atom stereocenters. The van der Waals surface area contributed by atoms with Crippen molar-refractivity contribution >= 4 is 11.9 Å². The highest BCUT2D eigenvalue weighted by Gasteiger charge is 2.19. The van der Waals surface area contributed by atoms with E-state index in [1.807, 2.05) is 0 Å². The number of aliphatic hydroxyl groups excluding tert-OH is 1. The highest BCUT2D eigenvalue weighted by Crippen LogP contribution is 2.07. The van der Waals surface area contributed by atoms with Crippen LogP contribution < -0.4 is 10.6 Å². The van der Waals surface area contributed by atoms with E-state index in [1.54, 1.807) is 0 Å². The number of amides is 1. The molecule has 19 heavy (non-hydrogen) atoms. The molecule has 1 amide bonds. The minimum absolute atomic E-state index is 0.0101. The zero-order chi connectivity index (χ0) is 14.1. The Kier molecular flexibility index (Phi) is 7.39. The van der Waals surface area contributed by atoms with Gasteiger partial charge in [0.2, 0.25) is 5.91 Å². The fourth-order valence-corrected chi connectivity index (χ4v) is 1.93. The number of hydrogen-bond acceptors (Lipinski definition) is 5. The Morgan fingerprint density at radius 1 is 1.37 bits per heavy atom. The molecule has 1 aliphatic rings. The third-order valence-electron chi connectivity index (χ3n) is 3.02. The predicted molar refractivity (Wildman–Crippen MR) is 67.7 cm³/mol. The summed E-state index contributed by atoms with van der Waals surface area (Å²) in [6.45, 7) is 1.87. The molecule has 7 heteroatoms. The van der Waals surface area contributed by atoms with Gasteiger partial charge in [-0.05, 0) is 25.9 Å². The van der Waals surface area contributed by atoms with E-state index in [2.05, 4.69) is 10.6 Å². The Morgan fingerprint density at radius 3 is 2.63 bits per heavy atom. The van der Waals surface area contributed by atoms with Gasteiger partial charge in [-0.1, -0.05) is 0 Å². The van der Waals surface area contributed by atoms with Gasteiger partial charge in [-0.15, -0.1) is 0 Å². The van der Waals surface area contributed by atoms with Gasteiger partial charge in [0.1, 0.15) is 6.04 Å². The van der Waals surface area contributed by atoms with Crippen molar-refractivity contribution in [2.45, 2.75) is 37.8 Å². The molecule has 1 saturated heterocycles. The second-order valence-electron chi connectivity index (χ2n) is 4.54. The van der Waals surface area contributed by atoms with Crippen LogP contribution in [0.2, 0.25) is 0 Å². The average Bonchev–Trinajstić information content (AvgIpc) is 2.39. The fraction of sp³-hybridized carbons (Fsp3) is 0.833. The number of aliphatic hydroxyl groups is 1. The lowest BCUT2D eigenvalue weighted by Crippen LogP contribution is -2.42. The van der Waals surface area contributed by atoms with Crippen molar-refractivity contribution in [3.8, 4) is 0 Å². The Labute approximate surface area is 112 Å². The van der Waals surface area contributed by atoms with Crippen LogP contribution in [0, 0.1) is 0 Å². The Balaban J connectivity index is 2.17. The molecule has 7 nitrogen and oxygen atoms in total. The second-order valence-corrected chi connectivity index (χ2v) is 4.54. The summed E-state index contributed by atoms with van der Waals surface area (Å²) >= 11 is 0. The fourth-order valence-electron chi connectivity index (χ4n) is 1.93. The van der Waals surface area contributed by atoms with E-state index in [0.717, 1.165) is 25.9 Å². The molecule has 0 aromatic rings. The van der Waals surface area contributed by atoms with Crippen LogP contribution in [0.1, 0.15) is 25.7 Å². The van der Waals surface area contributed by atoms with Crippen LogP contribution in [0.5, 0.6) is 0 Å². The molecule has 1 aliphatic heterocycles. The third kappa shape index (κ3) is 6.51. The number of aliphatic carboxylic acids is 1. The van der Waals surface area contributed by atoms with E-state index < -0.39 is 12.0 Å². The number of piperidine rings is 1. The third-order valence-corrected chi connectivity index (χ3v) is 3.02. The van der Waals surface area contributed by atoms with E-state index >= 15 is 0 Å². The van der Waals surface area contributed by atoms with E-state index in [9.17, 15) is 9.59 Å². The Morgan fingerprint density at radius 2 is 2.05 bits per heavy atom. The summed E-state index contributed by atoms with van der Waals surface area (Å²) < 4.78 is 5.56. The van der Waals surface area contributed by atoms with Gasteiger partial charge in [0.25, 0.3) is 0 Å². The standard InChI is InChI=1S/C12H22N2O5/c15-7-3-10(12(17)18)14-11(16)4-8-19-9-1-5-13-6-2-9/h9-10,13,15H,1-8H2,(H,14,16)(H,17,18)/t10-/m1/s1. The minimum Gasteiger partial charge on any atom is -0.480 e. The molecule has 0 aliphatic carbocycles. The van der Waals surface area contributed by atoms with E-state index in [1.165, 1.54) is 0 Å². The van der Waals surface area contributed by atoms with Crippen LogP contribution >= 0.6 is 0 Å². The van der Waals surface area contributed by atoms with Gasteiger partial charge in [-0.2, -0.15) is 0 Å². The molecular weight excluding hydrogens is 252 g/mol. The zero-order valence-corrected chi connectivity index (χ0v) is 10.9. The van der Waals surface area contributed by atoms with Gasteiger partial charge in [0, 0.05) is 19.4 Å². The van der Waals surface area contributed by atoms with Crippen molar-refractivity contribution in [2.24, 2.45) is 0 Å². The summed E-state index contributed by atoms with van der Waals surface area (Å²) in [6, 6.07) is -1.03. The molecule has 0 saturated carbocycles. The van der Waals surface area contributed by atoms with Gasteiger partial charge < -0.3 is 25.6 Å². The molecule has 0 spiro atoms. The van der Waals surface area contributed by atoms with Crippen molar-refractivity contribution in [1.82, 2.24) is 10.6 Å². The molecule has 4 N–H and O–H groups in total. The Bertz CT molecular complexity index is 292. The summed E-state index contributed by atoms with van der Waals surface area (Å²) in [5, 5.41) is 23.1. The molecule has 0 aromatic heterocycles. The molecule has 1 heterocycles. The number of rotatable bonds is 8. The monoisotopic (exact) mass is 274 g/mol. The molecule has 0 unspecified atom stereocenters.